The molecule has 0 saturated heterocycles. The maximum Gasteiger partial charge on any atom is 0.272 e. The van der Waals surface area contributed by atoms with Gasteiger partial charge in [0, 0.05) is 17.4 Å². The molecule has 1 aromatic heterocycles. The number of aromatic nitrogens is 3. The number of carbonyl (C=O) groups is 1. The molecule has 3 aromatic rings. The monoisotopic (exact) mass is 456 g/mol. The summed E-state index contributed by atoms with van der Waals surface area (Å²) in [5.41, 5.74) is 0.349. The highest BCUT2D eigenvalue weighted by molar-refractivity contribution is 7.99. The van der Waals surface area contributed by atoms with Gasteiger partial charge in [0.15, 0.2) is 17.4 Å². The van der Waals surface area contributed by atoms with Crippen LogP contribution < -0.4 is 9.75 Å². The first-order valence-electron chi connectivity index (χ1n) is 8.36. The number of carbonyl (C=O) groups excluding carboxylic acids is 1. The first-order valence-corrected chi connectivity index (χ1v) is 10.1. The highest BCUT2D eigenvalue weighted by Gasteiger charge is 2.28. The first kappa shape index (κ1) is 19.9. The van der Waals surface area contributed by atoms with Crippen molar-refractivity contribution in [2.45, 2.75) is 11.8 Å². The van der Waals surface area contributed by atoms with E-state index in [-0.39, 0.29) is 23.3 Å². The fraction of sp³-hybridized carbons (Fsp3) is 0.167. The molecule has 0 bridgehead atoms. The second-order valence-electron chi connectivity index (χ2n) is 5.98. The SMILES string of the molecule is O=C(c1ccc(Cl)c(Cl)c1)N1CCSc2nnc(COc3ccc(F)cc3F)n21. The number of amides is 1. The Bertz CT molecular complexity index is 1100. The third-order valence-electron chi connectivity index (χ3n) is 4.10. The molecular weight excluding hydrogens is 445 g/mol. The maximum atomic E-state index is 13.8. The van der Waals surface area contributed by atoms with Gasteiger partial charge in [-0.3, -0.25) is 4.79 Å². The van der Waals surface area contributed by atoms with Crippen molar-refractivity contribution >= 4 is 40.9 Å². The lowest BCUT2D eigenvalue weighted by Gasteiger charge is -2.29. The zero-order chi connectivity index (χ0) is 20.5. The Balaban J connectivity index is 1.60. The number of ether oxygens (including phenoxy) is 1. The lowest BCUT2D eigenvalue weighted by atomic mass is 10.2. The summed E-state index contributed by atoms with van der Waals surface area (Å²) < 4.78 is 33.8. The van der Waals surface area contributed by atoms with Crippen molar-refractivity contribution < 1.29 is 18.3 Å². The second kappa shape index (κ2) is 8.17. The molecule has 0 aliphatic carbocycles. The fourth-order valence-electron chi connectivity index (χ4n) is 2.75. The molecule has 4 rings (SSSR count). The van der Waals surface area contributed by atoms with Gasteiger partial charge in [-0.25, -0.2) is 18.5 Å². The minimum absolute atomic E-state index is 0.130. The summed E-state index contributed by atoms with van der Waals surface area (Å²) in [6.07, 6.45) is 0. The summed E-state index contributed by atoms with van der Waals surface area (Å²) in [5.74, 6) is -1.07. The van der Waals surface area contributed by atoms with E-state index in [0.717, 1.165) is 12.1 Å². The van der Waals surface area contributed by atoms with Crippen LogP contribution >= 0.6 is 35.0 Å². The number of thioether (sulfide) groups is 1. The number of rotatable bonds is 4. The summed E-state index contributed by atoms with van der Waals surface area (Å²) in [5, 5.41) is 10.7. The predicted molar refractivity (Wildman–Crippen MR) is 105 cm³/mol. The Morgan fingerprint density at radius 1 is 1.14 bits per heavy atom. The van der Waals surface area contributed by atoms with Crippen LogP contribution in [-0.2, 0) is 6.61 Å². The first-order chi connectivity index (χ1) is 13.9. The standard InChI is InChI=1S/C18H12Cl2F2N4O2S/c19-12-3-1-10(7-13(12)20)17(27)25-5-6-29-18-24-23-16(26(18)25)9-28-15-4-2-11(21)8-14(15)22/h1-4,7-8H,5-6,9H2. The van der Waals surface area contributed by atoms with Crippen molar-refractivity contribution in [1.82, 2.24) is 14.9 Å². The third-order valence-corrected chi connectivity index (χ3v) is 5.74. The molecule has 29 heavy (non-hydrogen) atoms. The molecule has 0 fully saturated rings. The van der Waals surface area contributed by atoms with Crippen molar-refractivity contribution in [1.29, 1.82) is 0 Å². The van der Waals surface area contributed by atoms with Crippen LogP contribution in [0.1, 0.15) is 16.2 Å². The molecule has 150 valence electrons. The molecule has 0 spiro atoms. The van der Waals surface area contributed by atoms with Gasteiger partial charge in [0.05, 0.1) is 16.6 Å². The lowest BCUT2D eigenvalue weighted by molar-refractivity contribution is 0.0952. The molecule has 0 unspecified atom stereocenters. The van der Waals surface area contributed by atoms with E-state index in [1.165, 1.54) is 33.6 Å². The van der Waals surface area contributed by atoms with Gasteiger partial charge >= 0.3 is 0 Å². The van der Waals surface area contributed by atoms with Crippen molar-refractivity contribution in [3.05, 3.63) is 69.5 Å². The Morgan fingerprint density at radius 3 is 2.72 bits per heavy atom. The van der Waals surface area contributed by atoms with E-state index < -0.39 is 11.6 Å². The Hall–Kier alpha value is -2.36. The van der Waals surface area contributed by atoms with Crippen LogP contribution in [0, 0.1) is 11.6 Å². The highest BCUT2D eigenvalue weighted by atomic mass is 35.5. The van der Waals surface area contributed by atoms with Gasteiger partial charge in [-0.2, -0.15) is 0 Å². The zero-order valence-corrected chi connectivity index (χ0v) is 16.9. The van der Waals surface area contributed by atoms with E-state index in [1.807, 2.05) is 0 Å². The number of hydrogen-bond donors (Lipinski definition) is 0. The van der Waals surface area contributed by atoms with Crippen molar-refractivity contribution in [2.75, 3.05) is 17.3 Å². The van der Waals surface area contributed by atoms with Gasteiger partial charge in [-0.1, -0.05) is 35.0 Å². The van der Waals surface area contributed by atoms with E-state index >= 15 is 0 Å². The Kier molecular flexibility index (Phi) is 5.62. The van der Waals surface area contributed by atoms with Crippen LogP contribution in [0.5, 0.6) is 5.75 Å². The van der Waals surface area contributed by atoms with Gasteiger partial charge in [-0.05, 0) is 30.3 Å². The quantitative estimate of drug-likeness (QED) is 0.584. The molecule has 6 nitrogen and oxygen atoms in total. The minimum atomic E-state index is -0.832. The van der Waals surface area contributed by atoms with Crippen LogP contribution in [0.2, 0.25) is 10.0 Å². The molecule has 2 aromatic carbocycles. The van der Waals surface area contributed by atoms with Gasteiger partial charge in [0.25, 0.3) is 5.91 Å². The van der Waals surface area contributed by atoms with Crippen LogP contribution in [0.15, 0.2) is 41.6 Å². The maximum absolute atomic E-state index is 13.8. The molecule has 0 N–H and O–H groups in total. The Labute approximate surface area is 178 Å². The molecule has 1 amide bonds. The van der Waals surface area contributed by atoms with E-state index in [4.69, 9.17) is 27.9 Å². The molecule has 0 atom stereocenters. The highest BCUT2D eigenvalue weighted by Crippen LogP contribution is 2.27. The second-order valence-corrected chi connectivity index (χ2v) is 7.86. The van der Waals surface area contributed by atoms with Crippen molar-refractivity contribution in [3.8, 4) is 5.75 Å². The molecule has 2 heterocycles. The number of hydrogen-bond acceptors (Lipinski definition) is 5. The zero-order valence-electron chi connectivity index (χ0n) is 14.6. The Morgan fingerprint density at radius 2 is 1.97 bits per heavy atom. The molecule has 11 heteroatoms. The largest absolute Gasteiger partial charge is 0.482 e. The average Bonchev–Trinajstić information content (AvgIpc) is 3.12. The van der Waals surface area contributed by atoms with Crippen LogP contribution in [0.25, 0.3) is 0 Å². The van der Waals surface area contributed by atoms with Crippen LogP contribution in [0.4, 0.5) is 8.78 Å². The third kappa shape index (κ3) is 4.03. The predicted octanol–water partition coefficient (Wildman–Crippen LogP) is 4.33. The molecule has 1 aliphatic heterocycles. The number of halogens is 4. The van der Waals surface area contributed by atoms with Gasteiger partial charge in [-0.15, -0.1) is 10.2 Å². The van der Waals surface area contributed by atoms with E-state index in [2.05, 4.69) is 10.2 Å². The smallest absolute Gasteiger partial charge is 0.272 e. The van der Waals surface area contributed by atoms with E-state index in [9.17, 15) is 13.6 Å². The van der Waals surface area contributed by atoms with Crippen LogP contribution in [0.3, 0.4) is 0 Å². The average molecular weight is 457 g/mol. The topological polar surface area (TPSA) is 60.3 Å². The minimum Gasteiger partial charge on any atom is -0.482 e. The van der Waals surface area contributed by atoms with Crippen molar-refractivity contribution in [3.63, 3.8) is 0 Å². The molecule has 0 saturated carbocycles. The van der Waals surface area contributed by atoms with E-state index in [0.29, 0.717) is 33.9 Å². The normalized spacial score (nSPS) is 13.3. The van der Waals surface area contributed by atoms with Gasteiger partial charge in [0.2, 0.25) is 5.16 Å². The lowest BCUT2D eigenvalue weighted by Crippen LogP contribution is -2.45. The number of nitrogens with zero attached hydrogens (tertiary/aromatic N) is 4. The van der Waals surface area contributed by atoms with Crippen LogP contribution in [-0.4, -0.2) is 33.1 Å². The molecule has 1 aliphatic rings. The van der Waals surface area contributed by atoms with E-state index in [1.54, 1.807) is 12.1 Å². The summed E-state index contributed by atoms with van der Waals surface area (Å²) in [6.45, 7) is 0.230. The molecule has 0 radical (unpaired) electrons. The van der Waals surface area contributed by atoms with Gasteiger partial charge < -0.3 is 4.74 Å². The number of benzene rings is 2. The molecular formula is C18H12Cl2F2N4O2S. The van der Waals surface area contributed by atoms with Crippen molar-refractivity contribution in [2.24, 2.45) is 0 Å². The van der Waals surface area contributed by atoms with Gasteiger partial charge in [0.1, 0.15) is 12.4 Å². The summed E-state index contributed by atoms with van der Waals surface area (Å²) >= 11 is 13.4. The summed E-state index contributed by atoms with van der Waals surface area (Å²) in [7, 11) is 0. The fourth-order valence-corrected chi connectivity index (χ4v) is 3.92. The summed E-state index contributed by atoms with van der Waals surface area (Å²) in [6, 6.07) is 7.61. The summed E-state index contributed by atoms with van der Waals surface area (Å²) in [4.78, 5) is 13.0. The number of fused-ring (bicyclic) bond motifs is 1.